The fraction of sp³-hybridized carbons (Fsp3) is 0.138. The summed E-state index contributed by atoms with van der Waals surface area (Å²) in [4.78, 5) is 14.5. The second-order valence-corrected chi connectivity index (χ2v) is 11.8. The van der Waals surface area contributed by atoms with Gasteiger partial charge in [0.05, 0.1) is 11.3 Å². The largest absolute Gasteiger partial charge is 0.454 e. The van der Waals surface area contributed by atoms with E-state index in [4.69, 9.17) is 9.47 Å². The van der Waals surface area contributed by atoms with Gasteiger partial charge in [0.15, 0.2) is 17.2 Å². The number of benzene rings is 4. The number of ether oxygens (including phenoxy) is 2. The Labute approximate surface area is 230 Å². The Kier molecular flexibility index (Phi) is 6.05. The predicted octanol–water partition coefficient (Wildman–Crippen LogP) is 5.44. The third-order valence-corrected chi connectivity index (χ3v) is 8.33. The first kappa shape index (κ1) is 25.5. The summed E-state index contributed by atoms with van der Waals surface area (Å²) < 4.78 is 40.4. The molecule has 202 valence electrons. The molecular formula is C29H25N5O5S. The van der Waals surface area contributed by atoms with E-state index in [1.165, 1.54) is 31.0 Å². The lowest BCUT2D eigenvalue weighted by atomic mass is 10.1. The first-order valence-corrected chi connectivity index (χ1v) is 13.9. The number of hydrogen-bond acceptors (Lipinski definition) is 7. The molecule has 0 bridgehead atoms. The van der Waals surface area contributed by atoms with Gasteiger partial charge in [-0.2, -0.15) is 0 Å². The molecule has 0 atom stereocenters. The summed E-state index contributed by atoms with van der Waals surface area (Å²) >= 11 is 0. The molecule has 1 aliphatic heterocycles. The molecule has 0 spiro atoms. The summed E-state index contributed by atoms with van der Waals surface area (Å²) in [7, 11) is -1.22. The lowest BCUT2D eigenvalue weighted by molar-refractivity contribution is 0.102. The van der Waals surface area contributed by atoms with Crippen molar-refractivity contribution >= 4 is 32.7 Å². The molecule has 40 heavy (non-hydrogen) atoms. The molecule has 0 aliphatic carbocycles. The van der Waals surface area contributed by atoms with Gasteiger partial charge < -0.3 is 14.8 Å². The van der Waals surface area contributed by atoms with Crippen LogP contribution in [0.25, 0.3) is 16.7 Å². The van der Waals surface area contributed by atoms with Gasteiger partial charge >= 0.3 is 0 Å². The zero-order valence-corrected chi connectivity index (χ0v) is 23.0. The number of carbonyl (C=O) groups is 1. The van der Waals surface area contributed by atoms with E-state index < -0.39 is 15.9 Å². The fourth-order valence-electron chi connectivity index (χ4n) is 4.38. The van der Waals surface area contributed by atoms with E-state index in [1.807, 2.05) is 56.3 Å². The Hall–Kier alpha value is -4.74. The minimum Gasteiger partial charge on any atom is -0.454 e. The van der Waals surface area contributed by atoms with Crippen LogP contribution in [0.1, 0.15) is 21.5 Å². The van der Waals surface area contributed by atoms with Crippen LogP contribution in [-0.4, -0.2) is 47.7 Å². The van der Waals surface area contributed by atoms with Gasteiger partial charge in [-0.05, 0) is 67.4 Å². The smallest absolute Gasteiger partial charge is 0.259 e. The minimum absolute atomic E-state index is 0.0161. The van der Waals surface area contributed by atoms with Crippen LogP contribution in [0.3, 0.4) is 0 Å². The highest BCUT2D eigenvalue weighted by Gasteiger charge is 2.30. The van der Waals surface area contributed by atoms with Crippen molar-refractivity contribution in [1.82, 2.24) is 19.3 Å². The molecule has 0 fully saturated rings. The highest BCUT2D eigenvalue weighted by molar-refractivity contribution is 7.89. The lowest BCUT2D eigenvalue weighted by Gasteiger charge is -2.19. The second-order valence-electron chi connectivity index (χ2n) is 9.69. The molecule has 5 aromatic rings. The van der Waals surface area contributed by atoms with Crippen molar-refractivity contribution in [1.29, 1.82) is 0 Å². The number of amides is 1. The van der Waals surface area contributed by atoms with Crippen LogP contribution in [-0.2, 0) is 10.0 Å². The van der Waals surface area contributed by atoms with E-state index >= 15 is 0 Å². The standard InChI is InChI=1S/C29H25N5O5S/c1-17-9-11-24-22(13-17)30-29(35)19-15-28(40(36,37)33(3)4)27(16-26(19)38-24)39-25-12-10-18(2)14-23(25)34-31-20-7-5-6-8-21(20)32-34/h5-16H,1-4H3,(H,30,35). The number of fused-ring (bicyclic) bond motifs is 3. The summed E-state index contributed by atoms with van der Waals surface area (Å²) in [5.74, 6) is 0.386. The zero-order valence-electron chi connectivity index (χ0n) is 22.2. The number of anilines is 1. The van der Waals surface area contributed by atoms with E-state index in [9.17, 15) is 13.2 Å². The average Bonchev–Trinajstić information content (AvgIpc) is 3.29. The van der Waals surface area contributed by atoms with E-state index in [0.717, 1.165) is 15.4 Å². The monoisotopic (exact) mass is 555 g/mol. The van der Waals surface area contributed by atoms with Crippen molar-refractivity contribution in [2.45, 2.75) is 18.7 Å². The van der Waals surface area contributed by atoms with Crippen LogP contribution in [0, 0.1) is 13.8 Å². The first-order chi connectivity index (χ1) is 19.1. The number of rotatable bonds is 5. The van der Waals surface area contributed by atoms with Gasteiger partial charge in [-0.25, -0.2) is 12.7 Å². The molecule has 0 saturated heterocycles. The maximum atomic E-state index is 13.5. The molecule has 10 nitrogen and oxygen atoms in total. The van der Waals surface area contributed by atoms with Crippen LogP contribution >= 0.6 is 0 Å². The van der Waals surface area contributed by atoms with Crippen molar-refractivity contribution in [3.8, 4) is 28.7 Å². The molecule has 0 saturated carbocycles. The van der Waals surface area contributed by atoms with Gasteiger partial charge in [-0.1, -0.05) is 24.3 Å². The van der Waals surface area contributed by atoms with E-state index in [2.05, 4.69) is 15.5 Å². The number of aryl methyl sites for hydroxylation is 2. The summed E-state index contributed by atoms with van der Waals surface area (Å²) in [6.07, 6.45) is 0. The highest BCUT2D eigenvalue weighted by Crippen LogP contribution is 2.42. The summed E-state index contributed by atoms with van der Waals surface area (Å²) in [6, 6.07) is 21.0. The van der Waals surface area contributed by atoms with Crippen LogP contribution in [0.5, 0.6) is 23.0 Å². The topological polar surface area (TPSA) is 116 Å². The van der Waals surface area contributed by atoms with E-state index in [0.29, 0.717) is 33.9 Å². The third-order valence-electron chi connectivity index (χ3n) is 6.49. The third kappa shape index (κ3) is 4.44. The van der Waals surface area contributed by atoms with Crippen molar-refractivity contribution < 1.29 is 22.7 Å². The van der Waals surface area contributed by atoms with Crippen molar-refractivity contribution in [3.05, 3.63) is 89.5 Å². The molecule has 0 radical (unpaired) electrons. The van der Waals surface area contributed by atoms with Gasteiger partial charge in [-0.15, -0.1) is 15.0 Å². The maximum Gasteiger partial charge on any atom is 0.259 e. The van der Waals surface area contributed by atoms with E-state index in [-0.39, 0.29) is 22.0 Å². The van der Waals surface area contributed by atoms with Gasteiger partial charge in [0.2, 0.25) is 10.0 Å². The highest BCUT2D eigenvalue weighted by atomic mass is 32.2. The van der Waals surface area contributed by atoms with E-state index in [1.54, 1.807) is 18.2 Å². The van der Waals surface area contributed by atoms with Crippen LogP contribution in [0.15, 0.2) is 77.7 Å². The molecule has 6 rings (SSSR count). The summed E-state index contributed by atoms with van der Waals surface area (Å²) in [5, 5.41) is 12.0. The molecule has 1 amide bonds. The number of hydrogen-bond donors (Lipinski definition) is 1. The summed E-state index contributed by atoms with van der Waals surface area (Å²) in [6.45, 7) is 3.82. The SMILES string of the molecule is Cc1ccc2c(c1)NC(=O)c1cc(S(=O)(=O)N(C)C)c(Oc3ccc(C)cc3-n3nc4ccccc4n3)cc1O2. The second kappa shape index (κ2) is 9.47. The number of sulfonamides is 1. The van der Waals surface area contributed by atoms with Gasteiger partial charge in [0.1, 0.15) is 27.4 Å². The Balaban J connectivity index is 1.52. The van der Waals surface area contributed by atoms with Crippen LogP contribution in [0.4, 0.5) is 5.69 Å². The molecule has 2 heterocycles. The van der Waals surface area contributed by atoms with Crippen LogP contribution in [0.2, 0.25) is 0 Å². The van der Waals surface area contributed by atoms with Crippen molar-refractivity contribution in [3.63, 3.8) is 0 Å². The molecule has 1 aromatic heterocycles. The normalized spacial score (nSPS) is 12.9. The molecule has 0 unspecified atom stereocenters. The number of carbonyl (C=O) groups excluding carboxylic acids is 1. The Morgan fingerprint density at radius 1 is 0.850 bits per heavy atom. The predicted molar refractivity (Wildman–Crippen MR) is 150 cm³/mol. The number of aromatic nitrogens is 3. The molecular weight excluding hydrogens is 530 g/mol. The average molecular weight is 556 g/mol. The van der Waals surface area contributed by atoms with Gasteiger partial charge in [0.25, 0.3) is 5.91 Å². The quantitative estimate of drug-likeness (QED) is 0.307. The molecule has 1 aliphatic rings. The van der Waals surface area contributed by atoms with Gasteiger partial charge in [0, 0.05) is 20.2 Å². The Morgan fingerprint density at radius 2 is 1.52 bits per heavy atom. The first-order valence-electron chi connectivity index (χ1n) is 12.4. The Bertz CT molecular complexity index is 1900. The fourth-order valence-corrected chi connectivity index (χ4v) is 5.39. The number of nitrogens with one attached hydrogen (secondary N) is 1. The van der Waals surface area contributed by atoms with Crippen molar-refractivity contribution in [2.24, 2.45) is 0 Å². The molecule has 11 heteroatoms. The molecule has 1 N–H and O–H groups in total. The van der Waals surface area contributed by atoms with Gasteiger partial charge in [-0.3, -0.25) is 4.79 Å². The van der Waals surface area contributed by atoms with Crippen molar-refractivity contribution in [2.75, 3.05) is 19.4 Å². The minimum atomic E-state index is -4.04. The Morgan fingerprint density at radius 3 is 2.23 bits per heavy atom. The van der Waals surface area contributed by atoms with Crippen LogP contribution < -0.4 is 14.8 Å². The molecule has 4 aromatic carbocycles. The summed E-state index contributed by atoms with van der Waals surface area (Å²) in [5.41, 5.74) is 4.32. The number of nitrogens with zero attached hydrogens (tertiary/aromatic N) is 4. The maximum absolute atomic E-state index is 13.5. The lowest BCUT2D eigenvalue weighted by Crippen LogP contribution is -2.23. The zero-order chi connectivity index (χ0) is 28.2.